The molecule has 1 aromatic carbocycles. The number of benzene rings is 1. The third-order valence-electron chi connectivity index (χ3n) is 7.77. The number of unbranched alkanes of at least 4 members (excludes halogenated alkanes) is 2. The number of halogens is 2. The van der Waals surface area contributed by atoms with Crippen molar-refractivity contribution in [2.45, 2.75) is 96.8 Å². The molecule has 1 unspecified atom stereocenters. The number of hydrogen-bond donors (Lipinski definition) is 0. The van der Waals surface area contributed by atoms with Gasteiger partial charge in [0.2, 0.25) is 0 Å². The number of hydrogen-bond acceptors (Lipinski definition) is 0. The van der Waals surface area contributed by atoms with Crippen LogP contribution in [-0.4, -0.2) is 0 Å². The first-order valence-electron chi connectivity index (χ1n) is 11.5. The standard InChI is InChI=1S/C25H38F2/c1-3-4-5-6-19-7-9-21(10-8-19)22-13-11-20(12-14-22)18(2)23-15-16-24(26)25(27)17-23/h15-22H,3-14H2,1-2H3/t18?,19-,20?,21-,22?. The predicted molar refractivity (Wildman–Crippen MR) is 110 cm³/mol. The van der Waals surface area contributed by atoms with Crippen LogP contribution in [0.4, 0.5) is 8.78 Å². The molecule has 2 fully saturated rings. The van der Waals surface area contributed by atoms with Crippen molar-refractivity contribution in [1.29, 1.82) is 0 Å². The van der Waals surface area contributed by atoms with Crippen LogP contribution in [-0.2, 0) is 0 Å². The smallest absolute Gasteiger partial charge is 0.159 e. The van der Waals surface area contributed by atoms with E-state index in [9.17, 15) is 8.78 Å². The highest BCUT2D eigenvalue weighted by Crippen LogP contribution is 2.45. The Morgan fingerprint density at radius 1 is 0.852 bits per heavy atom. The molecule has 0 radical (unpaired) electrons. The molecule has 2 aliphatic carbocycles. The van der Waals surface area contributed by atoms with Crippen LogP contribution < -0.4 is 0 Å². The van der Waals surface area contributed by atoms with Crippen molar-refractivity contribution in [2.24, 2.45) is 23.7 Å². The lowest BCUT2D eigenvalue weighted by Gasteiger charge is -2.39. The van der Waals surface area contributed by atoms with Gasteiger partial charge in [-0.05, 0) is 85.8 Å². The molecular weight excluding hydrogens is 338 g/mol. The van der Waals surface area contributed by atoms with Crippen LogP contribution in [0, 0.1) is 35.3 Å². The molecule has 0 aromatic heterocycles. The van der Waals surface area contributed by atoms with Gasteiger partial charge in [-0.2, -0.15) is 0 Å². The van der Waals surface area contributed by atoms with E-state index >= 15 is 0 Å². The molecule has 152 valence electrons. The van der Waals surface area contributed by atoms with E-state index in [4.69, 9.17) is 0 Å². The zero-order chi connectivity index (χ0) is 19.2. The fraction of sp³-hybridized carbons (Fsp3) is 0.760. The Kier molecular flexibility index (Phi) is 7.73. The quantitative estimate of drug-likeness (QED) is 0.420. The van der Waals surface area contributed by atoms with Crippen molar-refractivity contribution >= 4 is 0 Å². The van der Waals surface area contributed by atoms with Gasteiger partial charge in [-0.25, -0.2) is 8.78 Å². The van der Waals surface area contributed by atoms with Gasteiger partial charge in [0, 0.05) is 0 Å². The third-order valence-corrected chi connectivity index (χ3v) is 7.77. The molecule has 0 aliphatic heterocycles. The lowest BCUT2D eigenvalue weighted by Crippen LogP contribution is -2.27. The van der Waals surface area contributed by atoms with Crippen molar-refractivity contribution < 1.29 is 8.78 Å². The van der Waals surface area contributed by atoms with Gasteiger partial charge < -0.3 is 0 Å². The van der Waals surface area contributed by atoms with Crippen LogP contribution in [0.5, 0.6) is 0 Å². The van der Waals surface area contributed by atoms with Crippen LogP contribution in [0.1, 0.15) is 102 Å². The first-order valence-corrected chi connectivity index (χ1v) is 11.5. The molecule has 0 nitrogen and oxygen atoms in total. The van der Waals surface area contributed by atoms with Crippen molar-refractivity contribution in [3.05, 3.63) is 35.4 Å². The summed E-state index contributed by atoms with van der Waals surface area (Å²) >= 11 is 0. The second-order valence-electron chi connectivity index (χ2n) is 9.41. The van der Waals surface area contributed by atoms with Gasteiger partial charge in [0.05, 0.1) is 0 Å². The molecule has 2 aliphatic rings. The lowest BCUT2D eigenvalue weighted by atomic mass is 9.66. The molecule has 0 heterocycles. The van der Waals surface area contributed by atoms with Gasteiger partial charge in [-0.1, -0.05) is 58.4 Å². The fourth-order valence-electron chi connectivity index (χ4n) is 5.82. The van der Waals surface area contributed by atoms with Crippen LogP contribution in [0.3, 0.4) is 0 Å². The van der Waals surface area contributed by atoms with E-state index in [2.05, 4.69) is 13.8 Å². The topological polar surface area (TPSA) is 0 Å². The minimum atomic E-state index is -0.736. The molecule has 0 N–H and O–H groups in total. The van der Waals surface area contributed by atoms with Gasteiger partial charge >= 0.3 is 0 Å². The Morgan fingerprint density at radius 2 is 1.48 bits per heavy atom. The highest BCUT2D eigenvalue weighted by Gasteiger charge is 2.32. The zero-order valence-electron chi connectivity index (χ0n) is 17.4. The summed E-state index contributed by atoms with van der Waals surface area (Å²) in [5.74, 6) is 2.37. The van der Waals surface area contributed by atoms with E-state index in [-0.39, 0.29) is 0 Å². The van der Waals surface area contributed by atoms with Crippen molar-refractivity contribution in [3.8, 4) is 0 Å². The summed E-state index contributed by atoms with van der Waals surface area (Å²) in [6, 6.07) is 4.46. The molecule has 0 amide bonds. The molecule has 0 bridgehead atoms. The highest BCUT2D eigenvalue weighted by atomic mass is 19.2. The predicted octanol–water partition coefficient (Wildman–Crippen LogP) is 8.26. The Bertz CT molecular complexity index is 566. The second-order valence-corrected chi connectivity index (χ2v) is 9.41. The van der Waals surface area contributed by atoms with E-state index < -0.39 is 11.6 Å². The van der Waals surface area contributed by atoms with E-state index in [1.165, 1.54) is 89.2 Å². The van der Waals surface area contributed by atoms with Crippen molar-refractivity contribution in [2.75, 3.05) is 0 Å². The zero-order valence-corrected chi connectivity index (χ0v) is 17.4. The second kappa shape index (κ2) is 10.0. The summed E-state index contributed by atoms with van der Waals surface area (Å²) in [5.41, 5.74) is 0.963. The minimum Gasteiger partial charge on any atom is -0.204 e. The van der Waals surface area contributed by atoms with E-state index in [1.807, 2.05) is 0 Å². The van der Waals surface area contributed by atoms with Gasteiger partial charge in [0.1, 0.15) is 0 Å². The average molecular weight is 377 g/mol. The molecule has 1 atom stereocenters. The molecule has 2 saturated carbocycles. The van der Waals surface area contributed by atoms with E-state index in [1.54, 1.807) is 6.07 Å². The van der Waals surface area contributed by atoms with Crippen LogP contribution in [0.25, 0.3) is 0 Å². The summed E-state index contributed by atoms with van der Waals surface area (Å²) in [6.07, 6.45) is 16.6. The fourth-order valence-corrected chi connectivity index (χ4v) is 5.82. The molecule has 1 aromatic rings. The molecule has 27 heavy (non-hydrogen) atoms. The van der Waals surface area contributed by atoms with Crippen LogP contribution in [0.2, 0.25) is 0 Å². The largest absolute Gasteiger partial charge is 0.204 e. The first-order chi connectivity index (χ1) is 13.1. The van der Waals surface area contributed by atoms with Gasteiger partial charge in [-0.15, -0.1) is 0 Å². The van der Waals surface area contributed by atoms with Crippen molar-refractivity contribution in [3.63, 3.8) is 0 Å². The van der Waals surface area contributed by atoms with Gasteiger partial charge in [0.15, 0.2) is 11.6 Å². The highest BCUT2D eigenvalue weighted by molar-refractivity contribution is 5.22. The summed E-state index contributed by atoms with van der Waals surface area (Å²) in [6.45, 7) is 4.49. The maximum absolute atomic E-state index is 13.6. The molecule has 0 saturated heterocycles. The Balaban J connectivity index is 1.43. The third kappa shape index (κ3) is 5.55. The summed E-state index contributed by atoms with van der Waals surface area (Å²) in [7, 11) is 0. The van der Waals surface area contributed by atoms with E-state index in [0.29, 0.717) is 11.8 Å². The van der Waals surface area contributed by atoms with Crippen LogP contribution in [0.15, 0.2) is 18.2 Å². The molecule has 0 spiro atoms. The normalized spacial score (nSPS) is 30.2. The Labute approximate surface area is 165 Å². The summed E-state index contributed by atoms with van der Waals surface area (Å²) in [4.78, 5) is 0. The summed E-state index contributed by atoms with van der Waals surface area (Å²) < 4.78 is 26.8. The summed E-state index contributed by atoms with van der Waals surface area (Å²) in [5, 5.41) is 0. The Morgan fingerprint density at radius 3 is 2.07 bits per heavy atom. The van der Waals surface area contributed by atoms with E-state index in [0.717, 1.165) is 23.3 Å². The average Bonchev–Trinajstić information content (AvgIpc) is 2.70. The maximum atomic E-state index is 13.6. The SMILES string of the molecule is CCCCC[C@H]1CC[C@H](C2CCC(C(C)c3ccc(F)c(F)c3)CC2)CC1. The van der Waals surface area contributed by atoms with Crippen molar-refractivity contribution in [1.82, 2.24) is 0 Å². The first kappa shape index (κ1) is 20.8. The minimum absolute atomic E-state index is 0.329. The lowest BCUT2D eigenvalue weighted by molar-refractivity contribution is 0.136. The molecular formula is C25H38F2. The molecule has 2 heteroatoms. The monoisotopic (exact) mass is 376 g/mol. The maximum Gasteiger partial charge on any atom is 0.159 e. The molecule has 3 rings (SSSR count). The van der Waals surface area contributed by atoms with Gasteiger partial charge in [0.25, 0.3) is 0 Å². The number of rotatable bonds is 7. The van der Waals surface area contributed by atoms with Gasteiger partial charge in [-0.3, -0.25) is 0 Å². The van der Waals surface area contributed by atoms with Crippen LogP contribution >= 0.6 is 0 Å². The Hall–Kier alpha value is -0.920.